The van der Waals surface area contributed by atoms with Gasteiger partial charge in [-0.3, -0.25) is 0 Å². The van der Waals surface area contributed by atoms with Gasteiger partial charge >= 0.3 is 0 Å². The highest BCUT2D eigenvalue weighted by Crippen LogP contribution is 2.47. The minimum atomic E-state index is -1.06. The van der Waals surface area contributed by atoms with Crippen molar-refractivity contribution in [2.24, 2.45) is 16.2 Å². The third-order valence-electron chi connectivity index (χ3n) is 5.75. The molecule has 1 aliphatic carbocycles. The summed E-state index contributed by atoms with van der Waals surface area (Å²) in [4.78, 5) is 0. The van der Waals surface area contributed by atoms with Crippen LogP contribution in [0.15, 0.2) is 0 Å². The Morgan fingerprint density at radius 3 is 1.33 bits per heavy atom. The molecule has 0 saturated heterocycles. The maximum atomic E-state index is 10.7. The summed E-state index contributed by atoms with van der Waals surface area (Å²) in [5, 5.41) is 42.7. The van der Waals surface area contributed by atoms with Crippen molar-refractivity contribution in [2.45, 2.75) is 91.6 Å². The van der Waals surface area contributed by atoms with Crippen LogP contribution < -0.4 is 0 Å². The Morgan fingerprint density at radius 1 is 0.714 bits per heavy atom. The second kappa shape index (κ2) is 6.15. The third-order valence-corrected chi connectivity index (χ3v) is 5.75. The lowest BCUT2D eigenvalue weighted by atomic mass is 9.66. The highest BCUT2D eigenvalue weighted by molar-refractivity contribution is 5.03. The SMILES string of the molecule is CCCC1(C)C(O)C(O)C(C)(C)CCC(C)(C)C(O)C1O. The zero-order valence-electron chi connectivity index (χ0n) is 14.4. The first-order valence-electron chi connectivity index (χ1n) is 8.12. The molecule has 0 aromatic carbocycles. The maximum absolute atomic E-state index is 10.7. The van der Waals surface area contributed by atoms with E-state index in [0.29, 0.717) is 19.3 Å². The molecule has 1 aliphatic rings. The minimum absolute atomic E-state index is 0.463. The molecule has 1 rings (SSSR count). The van der Waals surface area contributed by atoms with E-state index in [2.05, 4.69) is 0 Å². The van der Waals surface area contributed by atoms with Gasteiger partial charge in [-0.25, -0.2) is 0 Å². The smallest absolute Gasteiger partial charge is 0.0883 e. The molecule has 0 bridgehead atoms. The summed E-state index contributed by atoms with van der Waals surface area (Å²) in [6.07, 6.45) is -1.29. The van der Waals surface area contributed by atoms with Crippen LogP contribution in [0.1, 0.15) is 67.2 Å². The zero-order chi connectivity index (χ0) is 16.6. The van der Waals surface area contributed by atoms with E-state index >= 15 is 0 Å². The van der Waals surface area contributed by atoms with Crippen LogP contribution in [0.5, 0.6) is 0 Å². The average molecular weight is 302 g/mol. The first kappa shape index (κ1) is 18.9. The predicted octanol–water partition coefficient (Wildman–Crippen LogP) is 2.08. The second-order valence-electron chi connectivity index (χ2n) is 8.51. The molecule has 0 heterocycles. The third kappa shape index (κ3) is 3.44. The molecule has 0 aromatic rings. The molecule has 0 amide bonds. The minimum Gasteiger partial charge on any atom is -0.390 e. The molecule has 0 aliphatic heterocycles. The van der Waals surface area contributed by atoms with Gasteiger partial charge in [-0.15, -0.1) is 0 Å². The summed E-state index contributed by atoms with van der Waals surface area (Å²) < 4.78 is 0. The molecule has 0 aromatic heterocycles. The second-order valence-corrected chi connectivity index (χ2v) is 8.51. The molecule has 0 spiro atoms. The van der Waals surface area contributed by atoms with Gasteiger partial charge in [-0.1, -0.05) is 48.0 Å². The van der Waals surface area contributed by atoms with Gasteiger partial charge in [0.05, 0.1) is 24.4 Å². The summed E-state index contributed by atoms with van der Waals surface area (Å²) >= 11 is 0. The van der Waals surface area contributed by atoms with Crippen molar-refractivity contribution in [1.82, 2.24) is 0 Å². The van der Waals surface area contributed by atoms with Crippen molar-refractivity contribution in [1.29, 1.82) is 0 Å². The van der Waals surface area contributed by atoms with E-state index in [4.69, 9.17) is 0 Å². The van der Waals surface area contributed by atoms with Gasteiger partial charge in [-0.05, 0) is 30.1 Å². The molecular formula is C17H34O4. The van der Waals surface area contributed by atoms with E-state index in [1.807, 2.05) is 34.6 Å². The normalized spacial score (nSPS) is 43.7. The lowest BCUT2D eigenvalue weighted by Gasteiger charge is -2.46. The van der Waals surface area contributed by atoms with Crippen LogP contribution in [-0.2, 0) is 0 Å². The summed E-state index contributed by atoms with van der Waals surface area (Å²) in [6.45, 7) is 11.5. The quantitative estimate of drug-likeness (QED) is 0.629. The number of aliphatic hydroxyl groups is 4. The van der Waals surface area contributed by atoms with Crippen molar-refractivity contribution in [3.8, 4) is 0 Å². The van der Waals surface area contributed by atoms with Gasteiger partial charge in [0.25, 0.3) is 0 Å². The van der Waals surface area contributed by atoms with Crippen LogP contribution >= 0.6 is 0 Å². The molecule has 4 atom stereocenters. The van der Waals surface area contributed by atoms with Crippen molar-refractivity contribution < 1.29 is 20.4 Å². The summed E-state index contributed by atoms with van der Waals surface area (Å²) in [7, 11) is 0. The van der Waals surface area contributed by atoms with Gasteiger partial charge < -0.3 is 20.4 Å². The molecular weight excluding hydrogens is 268 g/mol. The summed E-state index contributed by atoms with van der Waals surface area (Å²) in [5.74, 6) is 0. The van der Waals surface area contributed by atoms with Crippen LogP contribution in [0, 0.1) is 16.2 Å². The largest absolute Gasteiger partial charge is 0.390 e. The van der Waals surface area contributed by atoms with E-state index in [1.165, 1.54) is 0 Å². The molecule has 1 saturated carbocycles. The molecule has 126 valence electrons. The lowest BCUT2D eigenvalue weighted by Crippen LogP contribution is -2.56. The highest BCUT2D eigenvalue weighted by Gasteiger charge is 2.53. The van der Waals surface area contributed by atoms with Crippen LogP contribution in [0.25, 0.3) is 0 Å². The fourth-order valence-electron chi connectivity index (χ4n) is 3.53. The van der Waals surface area contributed by atoms with E-state index in [0.717, 1.165) is 6.42 Å². The van der Waals surface area contributed by atoms with Crippen molar-refractivity contribution in [3.63, 3.8) is 0 Å². The van der Waals surface area contributed by atoms with E-state index in [-0.39, 0.29) is 0 Å². The Hall–Kier alpha value is -0.160. The Morgan fingerprint density at radius 2 is 1.05 bits per heavy atom. The monoisotopic (exact) mass is 302 g/mol. The highest BCUT2D eigenvalue weighted by atomic mass is 16.3. The molecule has 21 heavy (non-hydrogen) atoms. The van der Waals surface area contributed by atoms with Gasteiger partial charge in [-0.2, -0.15) is 0 Å². The topological polar surface area (TPSA) is 80.9 Å². The Balaban J connectivity index is 3.33. The molecule has 4 heteroatoms. The fourth-order valence-corrected chi connectivity index (χ4v) is 3.53. The zero-order valence-corrected chi connectivity index (χ0v) is 14.4. The van der Waals surface area contributed by atoms with E-state index in [1.54, 1.807) is 6.92 Å². The molecule has 4 nitrogen and oxygen atoms in total. The fraction of sp³-hybridized carbons (Fsp3) is 1.00. The van der Waals surface area contributed by atoms with E-state index < -0.39 is 40.7 Å². The van der Waals surface area contributed by atoms with Crippen LogP contribution in [0.3, 0.4) is 0 Å². The first-order valence-corrected chi connectivity index (χ1v) is 8.12. The summed E-state index contributed by atoms with van der Waals surface area (Å²) in [6, 6.07) is 0. The first-order chi connectivity index (χ1) is 9.40. The van der Waals surface area contributed by atoms with Crippen molar-refractivity contribution >= 4 is 0 Å². The molecule has 1 fully saturated rings. The van der Waals surface area contributed by atoms with E-state index in [9.17, 15) is 20.4 Å². The van der Waals surface area contributed by atoms with Gasteiger partial charge in [0.2, 0.25) is 0 Å². The van der Waals surface area contributed by atoms with Crippen molar-refractivity contribution in [2.75, 3.05) is 0 Å². The maximum Gasteiger partial charge on any atom is 0.0883 e. The Bertz CT molecular complexity index is 323. The number of hydrogen-bond donors (Lipinski definition) is 4. The van der Waals surface area contributed by atoms with Crippen LogP contribution in [0.4, 0.5) is 0 Å². The number of rotatable bonds is 2. The Kier molecular flexibility index (Phi) is 5.53. The average Bonchev–Trinajstić information content (AvgIpc) is 2.42. The summed E-state index contributed by atoms with van der Waals surface area (Å²) in [5.41, 5.74) is -1.85. The molecule has 4 unspecified atom stereocenters. The lowest BCUT2D eigenvalue weighted by molar-refractivity contribution is -0.173. The standard InChI is InChI=1S/C17H34O4/c1-7-8-17(6)13(20)11(18)15(2,3)9-10-16(4,5)12(19)14(17)21/h11-14,18-21H,7-10H2,1-6H3. The van der Waals surface area contributed by atoms with Gasteiger partial charge in [0.1, 0.15) is 0 Å². The van der Waals surface area contributed by atoms with Crippen LogP contribution in [-0.4, -0.2) is 44.8 Å². The van der Waals surface area contributed by atoms with Crippen LogP contribution in [0.2, 0.25) is 0 Å². The van der Waals surface area contributed by atoms with Crippen molar-refractivity contribution in [3.05, 3.63) is 0 Å². The van der Waals surface area contributed by atoms with Gasteiger partial charge in [0.15, 0.2) is 0 Å². The van der Waals surface area contributed by atoms with Gasteiger partial charge in [0, 0.05) is 5.41 Å². The Labute approximate surface area is 129 Å². The predicted molar refractivity (Wildman–Crippen MR) is 83.8 cm³/mol. The number of aliphatic hydroxyl groups excluding tert-OH is 4. The molecule has 0 radical (unpaired) electrons. The number of hydrogen-bond acceptors (Lipinski definition) is 4. The molecule has 4 N–H and O–H groups in total.